The lowest BCUT2D eigenvalue weighted by Gasteiger charge is -2.11. The second-order valence-electron chi connectivity index (χ2n) is 3.21. The third-order valence-electron chi connectivity index (χ3n) is 2.06. The highest BCUT2D eigenvalue weighted by Gasteiger charge is 2.13. The lowest BCUT2D eigenvalue weighted by atomic mass is 10.3. The fraction of sp³-hybridized carbons (Fsp3) is 0.700. The van der Waals surface area contributed by atoms with Gasteiger partial charge in [-0.25, -0.2) is 0 Å². The molecule has 13 heavy (non-hydrogen) atoms. The highest BCUT2D eigenvalue weighted by atomic mass is 32.2. The highest BCUT2D eigenvalue weighted by Crippen LogP contribution is 2.10. The number of aliphatic imine (C=N–C) groups is 1. The molecule has 0 aromatic heterocycles. The zero-order chi connectivity index (χ0) is 9.52. The van der Waals surface area contributed by atoms with Crippen LogP contribution in [0.3, 0.4) is 0 Å². The van der Waals surface area contributed by atoms with Crippen molar-refractivity contribution in [2.75, 3.05) is 5.75 Å². The Morgan fingerprint density at radius 2 is 2.38 bits per heavy atom. The highest BCUT2D eigenvalue weighted by molar-refractivity contribution is 7.85. The Bertz CT molecular complexity index is 223. The van der Waals surface area contributed by atoms with Gasteiger partial charge in [0.2, 0.25) is 0 Å². The number of dihydropyridines is 1. The van der Waals surface area contributed by atoms with E-state index in [1.165, 1.54) is 12.8 Å². The number of hydrogen-bond acceptors (Lipinski definition) is 2. The van der Waals surface area contributed by atoms with E-state index in [2.05, 4.69) is 11.9 Å². The van der Waals surface area contributed by atoms with Gasteiger partial charge in [0.15, 0.2) is 0 Å². The normalized spacial score (nSPS) is 23.3. The van der Waals surface area contributed by atoms with Crippen molar-refractivity contribution in [2.45, 2.75) is 38.0 Å². The Balaban J connectivity index is 2.23. The molecule has 0 aromatic rings. The van der Waals surface area contributed by atoms with Gasteiger partial charge in [0.1, 0.15) is 5.37 Å². The number of rotatable bonds is 5. The summed E-state index contributed by atoms with van der Waals surface area (Å²) in [4.78, 5) is 4.20. The van der Waals surface area contributed by atoms with Crippen molar-refractivity contribution in [3.05, 3.63) is 12.2 Å². The van der Waals surface area contributed by atoms with Gasteiger partial charge in [-0.15, -0.1) is 0 Å². The fourth-order valence-electron chi connectivity index (χ4n) is 1.27. The van der Waals surface area contributed by atoms with Gasteiger partial charge in [0.05, 0.1) is 0 Å². The van der Waals surface area contributed by atoms with Crippen LogP contribution >= 0.6 is 0 Å². The molecule has 2 atom stereocenters. The summed E-state index contributed by atoms with van der Waals surface area (Å²) >= 11 is 0. The molecule has 1 aliphatic heterocycles. The molecule has 1 heterocycles. The second kappa shape index (κ2) is 6.08. The van der Waals surface area contributed by atoms with Crippen LogP contribution in [0.25, 0.3) is 0 Å². The number of nitrogens with zero attached hydrogens (tertiary/aromatic N) is 1. The molecule has 0 aromatic carbocycles. The van der Waals surface area contributed by atoms with Crippen molar-refractivity contribution in [3.8, 4) is 0 Å². The van der Waals surface area contributed by atoms with Crippen molar-refractivity contribution in [1.29, 1.82) is 0 Å². The Kier molecular flexibility index (Phi) is 4.98. The average Bonchev–Trinajstić information content (AvgIpc) is 2.19. The maximum Gasteiger partial charge on any atom is 0.128 e. The molecule has 2 nitrogen and oxygen atoms in total. The van der Waals surface area contributed by atoms with Gasteiger partial charge in [0, 0.05) is 22.8 Å². The molecule has 0 amide bonds. The summed E-state index contributed by atoms with van der Waals surface area (Å²) in [6.07, 6.45) is 9.98. The minimum Gasteiger partial charge on any atom is -0.276 e. The van der Waals surface area contributed by atoms with Crippen LogP contribution in [-0.2, 0) is 10.8 Å². The molecule has 0 spiro atoms. The molecule has 0 bridgehead atoms. The van der Waals surface area contributed by atoms with Gasteiger partial charge in [-0.1, -0.05) is 25.8 Å². The van der Waals surface area contributed by atoms with E-state index in [4.69, 9.17) is 0 Å². The molecule has 0 aliphatic carbocycles. The third-order valence-corrected chi connectivity index (χ3v) is 3.68. The lowest BCUT2D eigenvalue weighted by molar-refractivity contribution is 0.663. The standard InChI is InChI=1S/C10H17NOS/c1-2-3-6-9-13(12)10-7-4-5-8-11-10/h4-5,8,10H,2-3,6-7,9H2,1H3. The van der Waals surface area contributed by atoms with E-state index < -0.39 is 10.8 Å². The summed E-state index contributed by atoms with van der Waals surface area (Å²) in [5.74, 6) is 0.809. The quantitative estimate of drug-likeness (QED) is 0.625. The first kappa shape index (κ1) is 10.6. The molecule has 74 valence electrons. The largest absolute Gasteiger partial charge is 0.276 e. The van der Waals surface area contributed by atoms with Gasteiger partial charge in [-0.3, -0.25) is 9.20 Å². The van der Waals surface area contributed by atoms with Gasteiger partial charge < -0.3 is 0 Å². The van der Waals surface area contributed by atoms with Crippen molar-refractivity contribution in [3.63, 3.8) is 0 Å². The first-order valence-corrected chi connectivity index (χ1v) is 6.28. The summed E-state index contributed by atoms with van der Waals surface area (Å²) in [5, 5.41) is 0.0295. The Hall–Kier alpha value is -0.440. The molecule has 0 fully saturated rings. The number of hydrogen-bond donors (Lipinski definition) is 0. The predicted octanol–water partition coefficient (Wildman–Crippen LogP) is 2.28. The second-order valence-corrected chi connectivity index (χ2v) is 4.92. The average molecular weight is 199 g/mol. The summed E-state index contributed by atoms with van der Waals surface area (Å²) < 4.78 is 11.6. The van der Waals surface area contributed by atoms with E-state index in [0.29, 0.717) is 0 Å². The molecule has 1 rings (SSSR count). The van der Waals surface area contributed by atoms with E-state index in [1.807, 2.05) is 12.2 Å². The minimum atomic E-state index is -0.757. The maximum absolute atomic E-state index is 11.6. The van der Waals surface area contributed by atoms with Crippen LogP contribution in [0, 0.1) is 0 Å². The van der Waals surface area contributed by atoms with Gasteiger partial charge in [-0.05, 0) is 18.9 Å². The molecule has 3 heteroatoms. The Labute approximate surface area is 82.6 Å². The molecule has 0 saturated heterocycles. The SMILES string of the molecule is CCCCCS(=O)C1CC=CC=N1. The van der Waals surface area contributed by atoms with Crippen LogP contribution in [0.4, 0.5) is 0 Å². The van der Waals surface area contributed by atoms with Crippen molar-refractivity contribution in [1.82, 2.24) is 0 Å². The van der Waals surface area contributed by atoms with Crippen molar-refractivity contribution >= 4 is 17.0 Å². The third kappa shape index (κ3) is 3.85. The summed E-state index contributed by atoms with van der Waals surface area (Å²) in [5.41, 5.74) is 0. The Morgan fingerprint density at radius 1 is 1.54 bits per heavy atom. The Morgan fingerprint density at radius 3 is 3.00 bits per heavy atom. The predicted molar refractivity (Wildman–Crippen MR) is 58.6 cm³/mol. The van der Waals surface area contributed by atoms with Gasteiger partial charge >= 0.3 is 0 Å². The van der Waals surface area contributed by atoms with Gasteiger partial charge in [0.25, 0.3) is 0 Å². The van der Waals surface area contributed by atoms with Crippen LogP contribution < -0.4 is 0 Å². The molecule has 0 saturated carbocycles. The first-order valence-electron chi connectivity index (χ1n) is 4.90. The van der Waals surface area contributed by atoms with Crippen LogP contribution in [0.15, 0.2) is 17.1 Å². The molecule has 1 aliphatic rings. The molecule has 0 radical (unpaired) electrons. The molecular formula is C10H17NOS. The topological polar surface area (TPSA) is 29.4 Å². The summed E-state index contributed by atoms with van der Waals surface area (Å²) in [7, 11) is -0.757. The van der Waals surface area contributed by atoms with E-state index in [-0.39, 0.29) is 5.37 Å². The zero-order valence-corrected chi connectivity index (χ0v) is 8.93. The van der Waals surface area contributed by atoms with Crippen LogP contribution in [-0.4, -0.2) is 21.6 Å². The van der Waals surface area contributed by atoms with E-state index in [9.17, 15) is 4.21 Å². The molecule has 2 unspecified atom stereocenters. The van der Waals surface area contributed by atoms with Crippen LogP contribution in [0.5, 0.6) is 0 Å². The summed E-state index contributed by atoms with van der Waals surface area (Å²) in [6, 6.07) is 0. The number of allylic oxidation sites excluding steroid dienone is 1. The summed E-state index contributed by atoms with van der Waals surface area (Å²) in [6.45, 7) is 2.16. The first-order chi connectivity index (χ1) is 6.34. The van der Waals surface area contributed by atoms with E-state index in [1.54, 1.807) is 6.21 Å². The monoisotopic (exact) mass is 199 g/mol. The molecular weight excluding hydrogens is 182 g/mol. The number of unbranched alkanes of at least 4 members (excludes halogenated alkanes) is 2. The van der Waals surface area contributed by atoms with Crippen molar-refractivity contribution in [2.24, 2.45) is 4.99 Å². The molecule has 0 N–H and O–H groups in total. The van der Waals surface area contributed by atoms with Crippen molar-refractivity contribution < 1.29 is 4.21 Å². The zero-order valence-electron chi connectivity index (χ0n) is 8.11. The van der Waals surface area contributed by atoms with E-state index >= 15 is 0 Å². The lowest BCUT2D eigenvalue weighted by Crippen LogP contribution is -2.16. The fourth-order valence-corrected chi connectivity index (χ4v) is 2.56. The smallest absolute Gasteiger partial charge is 0.128 e. The minimum absolute atomic E-state index is 0.0295. The van der Waals surface area contributed by atoms with Gasteiger partial charge in [-0.2, -0.15) is 0 Å². The maximum atomic E-state index is 11.6. The van der Waals surface area contributed by atoms with E-state index in [0.717, 1.165) is 18.6 Å². The van der Waals surface area contributed by atoms with Crippen LogP contribution in [0.1, 0.15) is 32.6 Å². The van der Waals surface area contributed by atoms with Crippen LogP contribution in [0.2, 0.25) is 0 Å².